The zero-order valence-corrected chi connectivity index (χ0v) is 16.9. The molecule has 1 saturated carbocycles. The van der Waals surface area contributed by atoms with Gasteiger partial charge >= 0.3 is 0 Å². The molecule has 0 bridgehead atoms. The summed E-state index contributed by atoms with van der Waals surface area (Å²) in [6, 6.07) is 0. The molecule has 1 aromatic rings. The van der Waals surface area contributed by atoms with Crippen molar-refractivity contribution < 1.29 is 9.26 Å². The maximum Gasteiger partial charge on any atom is 0.144 e. The van der Waals surface area contributed by atoms with E-state index in [9.17, 15) is 0 Å². The van der Waals surface area contributed by atoms with Gasteiger partial charge in [0.2, 0.25) is 0 Å². The Labute approximate surface area is 153 Å². The molecule has 1 spiro atoms. The summed E-state index contributed by atoms with van der Waals surface area (Å²) in [6.45, 7) is 12.0. The molecule has 1 aliphatic carbocycles. The Hall–Kier alpha value is -0.870. The van der Waals surface area contributed by atoms with Crippen LogP contribution in [-0.2, 0) is 11.3 Å². The topological polar surface area (TPSA) is 38.5 Å². The Morgan fingerprint density at radius 1 is 1.24 bits per heavy atom. The number of unbranched alkanes of at least 4 members (excludes halogenated alkanes) is 1. The fourth-order valence-electron chi connectivity index (χ4n) is 4.75. The molecule has 4 heteroatoms. The standard InChI is InChI=1S/C21H36N2O2/c1-6-7-12-23(5)13-18-16(2)22-25-19(18)17-8-10-21(11-9-17)14-20(3,4)15-24-21/h17H,6-15H2,1-5H3. The van der Waals surface area contributed by atoms with E-state index in [0.717, 1.165) is 56.8 Å². The van der Waals surface area contributed by atoms with Crippen molar-refractivity contribution in [2.75, 3.05) is 20.2 Å². The third-order valence-electron chi connectivity index (χ3n) is 6.17. The maximum atomic E-state index is 6.27. The van der Waals surface area contributed by atoms with Crippen LogP contribution in [0.4, 0.5) is 0 Å². The van der Waals surface area contributed by atoms with E-state index < -0.39 is 0 Å². The van der Waals surface area contributed by atoms with Gasteiger partial charge in [0.15, 0.2) is 0 Å². The molecule has 2 fully saturated rings. The molecule has 1 aliphatic heterocycles. The van der Waals surface area contributed by atoms with Crippen LogP contribution in [0.25, 0.3) is 0 Å². The van der Waals surface area contributed by atoms with E-state index in [2.05, 4.69) is 44.8 Å². The summed E-state index contributed by atoms with van der Waals surface area (Å²) < 4.78 is 12.1. The van der Waals surface area contributed by atoms with Crippen molar-refractivity contribution in [1.82, 2.24) is 10.1 Å². The zero-order chi connectivity index (χ0) is 18.1. The van der Waals surface area contributed by atoms with Gasteiger partial charge in [-0.2, -0.15) is 0 Å². The summed E-state index contributed by atoms with van der Waals surface area (Å²) in [5.74, 6) is 1.65. The number of hydrogen-bond donors (Lipinski definition) is 0. The highest BCUT2D eigenvalue weighted by molar-refractivity contribution is 5.25. The van der Waals surface area contributed by atoms with Crippen LogP contribution in [0.5, 0.6) is 0 Å². The highest BCUT2D eigenvalue weighted by Gasteiger charge is 2.47. The van der Waals surface area contributed by atoms with E-state index in [4.69, 9.17) is 9.26 Å². The molecule has 142 valence electrons. The summed E-state index contributed by atoms with van der Waals surface area (Å²) in [7, 11) is 2.20. The molecule has 1 aromatic heterocycles. The van der Waals surface area contributed by atoms with Gasteiger partial charge < -0.3 is 14.2 Å². The van der Waals surface area contributed by atoms with Gasteiger partial charge in [0.05, 0.1) is 17.9 Å². The van der Waals surface area contributed by atoms with E-state index in [1.807, 2.05) is 0 Å². The summed E-state index contributed by atoms with van der Waals surface area (Å²) in [6.07, 6.45) is 8.33. The summed E-state index contributed by atoms with van der Waals surface area (Å²) in [5, 5.41) is 4.30. The van der Waals surface area contributed by atoms with Crippen molar-refractivity contribution >= 4 is 0 Å². The summed E-state index contributed by atoms with van der Waals surface area (Å²) in [4.78, 5) is 2.40. The lowest BCUT2D eigenvalue weighted by Gasteiger charge is -2.36. The van der Waals surface area contributed by atoms with E-state index in [-0.39, 0.29) is 5.60 Å². The summed E-state index contributed by atoms with van der Waals surface area (Å²) in [5.41, 5.74) is 2.86. The minimum atomic E-state index is 0.132. The number of aromatic nitrogens is 1. The molecule has 4 nitrogen and oxygen atoms in total. The zero-order valence-electron chi connectivity index (χ0n) is 16.9. The molecule has 0 N–H and O–H groups in total. The van der Waals surface area contributed by atoms with Gasteiger partial charge in [0.25, 0.3) is 0 Å². The number of hydrogen-bond acceptors (Lipinski definition) is 4. The van der Waals surface area contributed by atoms with Crippen molar-refractivity contribution in [3.63, 3.8) is 0 Å². The van der Waals surface area contributed by atoms with Gasteiger partial charge in [0.1, 0.15) is 5.76 Å². The highest BCUT2D eigenvalue weighted by Crippen LogP contribution is 2.50. The summed E-state index contributed by atoms with van der Waals surface area (Å²) >= 11 is 0. The third-order valence-corrected chi connectivity index (χ3v) is 6.17. The lowest BCUT2D eigenvalue weighted by Crippen LogP contribution is -2.33. The first-order chi connectivity index (χ1) is 11.8. The van der Waals surface area contributed by atoms with Crippen LogP contribution in [0.3, 0.4) is 0 Å². The quantitative estimate of drug-likeness (QED) is 0.720. The van der Waals surface area contributed by atoms with Crippen molar-refractivity contribution in [1.29, 1.82) is 0 Å². The van der Waals surface area contributed by atoms with Crippen LogP contribution in [0.15, 0.2) is 4.52 Å². The smallest absolute Gasteiger partial charge is 0.144 e. The average Bonchev–Trinajstić information content (AvgIpc) is 3.07. The Morgan fingerprint density at radius 3 is 2.56 bits per heavy atom. The second-order valence-electron chi connectivity index (χ2n) is 9.29. The molecule has 2 heterocycles. The fraction of sp³-hybridized carbons (Fsp3) is 0.857. The molecule has 2 aliphatic rings. The van der Waals surface area contributed by atoms with E-state index in [0.29, 0.717) is 11.3 Å². The van der Waals surface area contributed by atoms with Gasteiger partial charge in [-0.25, -0.2) is 0 Å². The minimum absolute atomic E-state index is 0.132. The third kappa shape index (κ3) is 4.28. The van der Waals surface area contributed by atoms with Crippen molar-refractivity contribution in [3.8, 4) is 0 Å². The highest BCUT2D eigenvalue weighted by atomic mass is 16.5. The van der Waals surface area contributed by atoms with Crippen molar-refractivity contribution in [2.24, 2.45) is 5.41 Å². The first-order valence-corrected chi connectivity index (χ1v) is 10.1. The second-order valence-corrected chi connectivity index (χ2v) is 9.29. The Balaban J connectivity index is 1.64. The van der Waals surface area contributed by atoms with Crippen molar-refractivity contribution in [2.45, 2.75) is 90.7 Å². The van der Waals surface area contributed by atoms with Gasteiger partial charge in [-0.05, 0) is 64.5 Å². The largest absolute Gasteiger partial charge is 0.374 e. The lowest BCUT2D eigenvalue weighted by atomic mass is 9.72. The normalized spacial score (nSPS) is 29.0. The van der Waals surface area contributed by atoms with E-state index >= 15 is 0 Å². The average molecular weight is 349 g/mol. The van der Waals surface area contributed by atoms with Crippen LogP contribution in [0.1, 0.15) is 88.7 Å². The molecular weight excluding hydrogens is 312 g/mol. The van der Waals surface area contributed by atoms with Crippen LogP contribution in [0, 0.1) is 12.3 Å². The first kappa shape index (κ1) is 18.9. The molecular formula is C21H36N2O2. The van der Waals surface area contributed by atoms with Gasteiger partial charge in [0, 0.05) is 18.0 Å². The molecule has 25 heavy (non-hydrogen) atoms. The van der Waals surface area contributed by atoms with E-state index in [1.165, 1.54) is 24.8 Å². The van der Waals surface area contributed by atoms with Crippen LogP contribution < -0.4 is 0 Å². The molecule has 0 aromatic carbocycles. The molecule has 0 amide bonds. The monoisotopic (exact) mass is 348 g/mol. The molecule has 0 radical (unpaired) electrons. The van der Waals surface area contributed by atoms with Crippen LogP contribution in [0.2, 0.25) is 0 Å². The Morgan fingerprint density at radius 2 is 1.96 bits per heavy atom. The number of ether oxygens (including phenoxy) is 1. The molecule has 1 saturated heterocycles. The SMILES string of the molecule is CCCCN(C)Cc1c(C)noc1C1CCC2(CC1)CC(C)(C)CO2. The Kier molecular flexibility index (Phi) is 5.60. The molecule has 3 rings (SSSR count). The first-order valence-electron chi connectivity index (χ1n) is 10.1. The van der Waals surface area contributed by atoms with Gasteiger partial charge in [-0.1, -0.05) is 32.3 Å². The van der Waals surface area contributed by atoms with Gasteiger partial charge in [-0.15, -0.1) is 0 Å². The van der Waals surface area contributed by atoms with E-state index in [1.54, 1.807) is 0 Å². The number of nitrogens with zero attached hydrogens (tertiary/aromatic N) is 2. The fourth-order valence-corrected chi connectivity index (χ4v) is 4.75. The van der Waals surface area contributed by atoms with Gasteiger partial charge in [-0.3, -0.25) is 0 Å². The van der Waals surface area contributed by atoms with Crippen LogP contribution >= 0.6 is 0 Å². The predicted octanol–water partition coefficient (Wildman–Crippen LogP) is 5.06. The molecule has 0 atom stereocenters. The van der Waals surface area contributed by atoms with Crippen molar-refractivity contribution in [3.05, 3.63) is 17.0 Å². The maximum absolute atomic E-state index is 6.27. The minimum Gasteiger partial charge on any atom is -0.374 e. The second kappa shape index (κ2) is 7.40. The number of aryl methyl sites for hydroxylation is 1. The van der Waals surface area contributed by atoms with Crippen LogP contribution in [-0.4, -0.2) is 35.9 Å². The Bertz CT molecular complexity index is 570. The lowest BCUT2D eigenvalue weighted by molar-refractivity contribution is -0.0308. The number of rotatable bonds is 6. The molecule has 0 unspecified atom stereocenters. The predicted molar refractivity (Wildman–Crippen MR) is 101 cm³/mol.